The average Bonchev–Trinajstić information content (AvgIpc) is 2.54. The van der Waals surface area contributed by atoms with E-state index in [0.717, 1.165) is 23.8 Å². The van der Waals surface area contributed by atoms with E-state index in [1.54, 1.807) is 0 Å². The SMILES string of the molecule is CN1CCCC(CNC2CCCCC2C2CCCCC2)C1. The summed E-state index contributed by atoms with van der Waals surface area (Å²) in [5.41, 5.74) is 0. The number of hydrogen-bond donors (Lipinski definition) is 1. The number of piperidine rings is 1. The van der Waals surface area contributed by atoms with Gasteiger partial charge in [0.2, 0.25) is 0 Å². The fourth-order valence-corrected chi connectivity index (χ4v) is 5.30. The normalized spacial score (nSPS) is 36.7. The van der Waals surface area contributed by atoms with Crippen LogP contribution in [-0.4, -0.2) is 37.6 Å². The molecule has 0 aromatic heterocycles. The number of likely N-dealkylation sites (tertiary alicyclic amines) is 1. The van der Waals surface area contributed by atoms with Crippen LogP contribution in [0, 0.1) is 17.8 Å². The Labute approximate surface area is 132 Å². The second-order valence-electron chi connectivity index (χ2n) is 8.13. The van der Waals surface area contributed by atoms with Gasteiger partial charge in [-0.25, -0.2) is 0 Å². The molecule has 122 valence electrons. The van der Waals surface area contributed by atoms with Crippen molar-refractivity contribution in [3.05, 3.63) is 0 Å². The lowest BCUT2D eigenvalue weighted by molar-refractivity contribution is 0.137. The second-order valence-corrected chi connectivity index (χ2v) is 8.13. The summed E-state index contributed by atoms with van der Waals surface area (Å²) in [5, 5.41) is 4.03. The molecule has 3 aliphatic rings. The van der Waals surface area contributed by atoms with Crippen molar-refractivity contribution in [2.45, 2.75) is 76.7 Å². The minimum atomic E-state index is 0.842. The highest BCUT2D eigenvalue weighted by Gasteiger charge is 2.32. The largest absolute Gasteiger partial charge is 0.313 e. The maximum absolute atomic E-state index is 4.03. The molecular formula is C19H36N2. The van der Waals surface area contributed by atoms with E-state index in [2.05, 4.69) is 17.3 Å². The van der Waals surface area contributed by atoms with Gasteiger partial charge in [0.05, 0.1) is 0 Å². The van der Waals surface area contributed by atoms with E-state index in [1.807, 2.05) is 0 Å². The zero-order chi connectivity index (χ0) is 14.5. The van der Waals surface area contributed by atoms with Gasteiger partial charge in [0.15, 0.2) is 0 Å². The average molecular weight is 293 g/mol. The van der Waals surface area contributed by atoms with E-state index >= 15 is 0 Å². The summed E-state index contributed by atoms with van der Waals surface area (Å²) in [7, 11) is 2.29. The molecular weight excluding hydrogens is 256 g/mol. The first-order valence-electron chi connectivity index (χ1n) is 9.75. The molecule has 2 aliphatic carbocycles. The summed E-state index contributed by atoms with van der Waals surface area (Å²) in [6, 6.07) is 0.842. The van der Waals surface area contributed by atoms with Crippen molar-refractivity contribution < 1.29 is 0 Å². The first-order valence-corrected chi connectivity index (χ1v) is 9.75. The zero-order valence-corrected chi connectivity index (χ0v) is 14.2. The third-order valence-corrected chi connectivity index (χ3v) is 6.47. The summed E-state index contributed by atoms with van der Waals surface area (Å²) >= 11 is 0. The van der Waals surface area contributed by atoms with Crippen molar-refractivity contribution in [2.24, 2.45) is 17.8 Å². The molecule has 2 nitrogen and oxygen atoms in total. The van der Waals surface area contributed by atoms with Crippen LogP contribution in [0.1, 0.15) is 70.6 Å². The smallest absolute Gasteiger partial charge is 0.00980 e. The van der Waals surface area contributed by atoms with E-state index in [-0.39, 0.29) is 0 Å². The first kappa shape index (κ1) is 15.8. The number of nitrogens with one attached hydrogen (secondary N) is 1. The maximum atomic E-state index is 4.03. The minimum absolute atomic E-state index is 0.842. The molecule has 3 rings (SSSR count). The predicted octanol–water partition coefficient (Wildman–Crippen LogP) is 4.06. The zero-order valence-electron chi connectivity index (χ0n) is 14.2. The van der Waals surface area contributed by atoms with Crippen molar-refractivity contribution >= 4 is 0 Å². The van der Waals surface area contributed by atoms with E-state index in [4.69, 9.17) is 0 Å². The fraction of sp³-hybridized carbons (Fsp3) is 1.00. The summed E-state index contributed by atoms with van der Waals surface area (Å²) in [6.45, 7) is 3.90. The topological polar surface area (TPSA) is 15.3 Å². The molecule has 3 fully saturated rings. The number of nitrogens with zero attached hydrogens (tertiary/aromatic N) is 1. The van der Waals surface area contributed by atoms with Crippen LogP contribution in [0.15, 0.2) is 0 Å². The fourth-order valence-electron chi connectivity index (χ4n) is 5.30. The lowest BCUT2D eigenvalue weighted by atomic mass is 9.71. The van der Waals surface area contributed by atoms with Crippen LogP contribution in [0.2, 0.25) is 0 Å². The van der Waals surface area contributed by atoms with E-state index in [0.29, 0.717) is 0 Å². The molecule has 0 amide bonds. The van der Waals surface area contributed by atoms with Crippen molar-refractivity contribution in [2.75, 3.05) is 26.7 Å². The molecule has 0 bridgehead atoms. The highest BCUT2D eigenvalue weighted by atomic mass is 15.1. The lowest BCUT2D eigenvalue weighted by Crippen LogP contribution is -2.46. The van der Waals surface area contributed by atoms with E-state index in [1.165, 1.54) is 90.3 Å². The van der Waals surface area contributed by atoms with Crippen LogP contribution < -0.4 is 5.32 Å². The van der Waals surface area contributed by atoms with Gasteiger partial charge in [0, 0.05) is 12.6 Å². The second kappa shape index (κ2) is 7.97. The molecule has 2 heteroatoms. The van der Waals surface area contributed by atoms with Gasteiger partial charge in [-0.1, -0.05) is 44.9 Å². The van der Waals surface area contributed by atoms with Crippen LogP contribution >= 0.6 is 0 Å². The minimum Gasteiger partial charge on any atom is -0.313 e. The monoisotopic (exact) mass is 292 g/mol. The molecule has 1 heterocycles. The van der Waals surface area contributed by atoms with E-state index in [9.17, 15) is 0 Å². The summed E-state index contributed by atoms with van der Waals surface area (Å²) < 4.78 is 0. The number of rotatable bonds is 4. The van der Waals surface area contributed by atoms with Crippen molar-refractivity contribution in [1.29, 1.82) is 0 Å². The predicted molar refractivity (Wildman–Crippen MR) is 90.5 cm³/mol. The standard InChI is InChI=1S/C19H36N2/c1-21-13-7-8-16(15-21)14-20-19-12-6-5-11-18(19)17-9-3-2-4-10-17/h16-20H,2-15H2,1H3. The van der Waals surface area contributed by atoms with Gasteiger partial charge in [0.1, 0.15) is 0 Å². The van der Waals surface area contributed by atoms with Gasteiger partial charge in [0.25, 0.3) is 0 Å². The Morgan fingerprint density at radius 1 is 0.857 bits per heavy atom. The Bertz CT molecular complexity index is 298. The molecule has 21 heavy (non-hydrogen) atoms. The van der Waals surface area contributed by atoms with Crippen LogP contribution in [0.25, 0.3) is 0 Å². The maximum Gasteiger partial charge on any atom is 0.00980 e. The Balaban J connectivity index is 1.49. The molecule has 3 unspecified atom stereocenters. The van der Waals surface area contributed by atoms with Gasteiger partial charge in [-0.15, -0.1) is 0 Å². The molecule has 1 saturated heterocycles. The van der Waals surface area contributed by atoms with Gasteiger partial charge in [-0.05, 0) is 63.6 Å². The third-order valence-electron chi connectivity index (χ3n) is 6.47. The van der Waals surface area contributed by atoms with Crippen LogP contribution in [0.5, 0.6) is 0 Å². The van der Waals surface area contributed by atoms with Crippen LogP contribution in [-0.2, 0) is 0 Å². The number of hydrogen-bond acceptors (Lipinski definition) is 2. The van der Waals surface area contributed by atoms with Crippen LogP contribution in [0.3, 0.4) is 0 Å². The summed E-state index contributed by atoms with van der Waals surface area (Å²) in [6.07, 6.45) is 16.3. The third kappa shape index (κ3) is 4.45. The van der Waals surface area contributed by atoms with Crippen molar-refractivity contribution in [3.8, 4) is 0 Å². The molecule has 0 aromatic rings. The Kier molecular flexibility index (Phi) is 5.99. The quantitative estimate of drug-likeness (QED) is 0.840. The van der Waals surface area contributed by atoms with Gasteiger partial charge >= 0.3 is 0 Å². The Morgan fingerprint density at radius 3 is 2.43 bits per heavy atom. The molecule has 2 saturated carbocycles. The molecule has 0 radical (unpaired) electrons. The highest BCUT2D eigenvalue weighted by Crippen LogP contribution is 2.38. The first-order chi connectivity index (χ1) is 10.3. The molecule has 1 N–H and O–H groups in total. The molecule has 3 atom stereocenters. The molecule has 1 aliphatic heterocycles. The van der Waals surface area contributed by atoms with Gasteiger partial charge < -0.3 is 10.2 Å². The van der Waals surface area contributed by atoms with Gasteiger partial charge in [-0.3, -0.25) is 0 Å². The highest BCUT2D eigenvalue weighted by molar-refractivity contribution is 4.88. The molecule has 0 aromatic carbocycles. The lowest BCUT2D eigenvalue weighted by Gasteiger charge is -2.40. The van der Waals surface area contributed by atoms with Crippen molar-refractivity contribution in [3.63, 3.8) is 0 Å². The Hall–Kier alpha value is -0.0800. The summed E-state index contributed by atoms with van der Waals surface area (Å²) in [4.78, 5) is 2.52. The van der Waals surface area contributed by atoms with Gasteiger partial charge in [-0.2, -0.15) is 0 Å². The summed E-state index contributed by atoms with van der Waals surface area (Å²) in [5.74, 6) is 2.95. The Morgan fingerprint density at radius 2 is 1.62 bits per heavy atom. The van der Waals surface area contributed by atoms with E-state index < -0.39 is 0 Å². The van der Waals surface area contributed by atoms with Crippen LogP contribution in [0.4, 0.5) is 0 Å². The molecule has 0 spiro atoms. The van der Waals surface area contributed by atoms with Crippen molar-refractivity contribution in [1.82, 2.24) is 10.2 Å².